The minimum atomic E-state index is 0.738. The van der Waals surface area contributed by atoms with Gasteiger partial charge in [0.1, 0.15) is 5.75 Å². The van der Waals surface area contributed by atoms with E-state index in [-0.39, 0.29) is 0 Å². The molecule has 2 aromatic carbocycles. The first-order chi connectivity index (χ1) is 8.74. The molecule has 1 nitrogen and oxygen atoms in total. The Hall–Kier alpha value is -1.41. The highest BCUT2D eigenvalue weighted by atomic mass is 32.2. The zero-order valence-corrected chi connectivity index (χ0v) is 11.7. The van der Waals surface area contributed by atoms with E-state index in [1.165, 1.54) is 16.0 Å². The van der Waals surface area contributed by atoms with Crippen LogP contribution in [0.4, 0.5) is 0 Å². The number of hydrogen-bond acceptors (Lipinski definition) is 2. The summed E-state index contributed by atoms with van der Waals surface area (Å²) in [6.07, 6.45) is 0. The van der Waals surface area contributed by atoms with Crippen molar-refractivity contribution >= 4 is 11.8 Å². The van der Waals surface area contributed by atoms with Gasteiger partial charge in [-0.3, -0.25) is 0 Å². The van der Waals surface area contributed by atoms with Crippen LogP contribution in [-0.4, -0.2) is 12.4 Å². The van der Waals surface area contributed by atoms with Crippen LogP contribution in [0.3, 0.4) is 0 Å². The summed E-state index contributed by atoms with van der Waals surface area (Å²) in [4.78, 5) is 1.30. The van der Waals surface area contributed by atoms with Crippen molar-refractivity contribution in [3.05, 3.63) is 59.7 Å². The Bertz CT molecular complexity index is 426. The summed E-state index contributed by atoms with van der Waals surface area (Å²) in [7, 11) is 0. The van der Waals surface area contributed by atoms with Crippen molar-refractivity contribution in [3.8, 4) is 5.75 Å². The van der Waals surface area contributed by atoms with Crippen LogP contribution in [0.25, 0.3) is 0 Å². The quantitative estimate of drug-likeness (QED) is 0.578. The molecule has 0 heterocycles. The van der Waals surface area contributed by atoms with E-state index in [0.717, 1.165) is 18.1 Å². The first-order valence-corrected chi connectivity index (χ1v) is 7.11. The van der Waals surface area contributed by atoms with Gasteiger partial charge in [-0.05, 0) is 38.1 Å². The van der Waals surface area contributed by atoms with Crippen molar-refractivity contribution in [2.24, 2.45) is 0 Å². The Balaban J connectivity index is 1.73. The summed E-state index contributed by atoms with van der Waals surface area (Å²) < 4.78 is 5.69. The van der Waals surface area contributed by atoms with Crippen LogP contribution in [0.5, 0.6) is 5.75 Å². The maximum Gasteiger partial charge on any atom is 0.119 e. The van der Waals surface area contributed by atoms with E-state index in [1.54, 1.807) is 0 Å². The molecular formula is C16H18OS. The highest BCUT2D eigenvalue weighted by Crippen LogP contribution is 2.18. The van der Waals surface area contributed by atoms with Crippen LogP contribution in [0.15, 0.2) is 53.4 Å². The van der Waals surface area contributed by atoms with Gasteiger partial charge in [0.05, 0.1) is 6.61 Å². The Labute approximate surface area is 113 Å². The molecule has 0 amide bonds. The minimum Gasteiger partial charge on any atom is -0.493 e. The molecule has 0 saturated carbocycles. The average Bonchev–Trinajstić information content (AvgIpc) is 2.39. The molecule has 2 heteroatoms. The second-order valence-electron chi connectivity index (χ2n) is 4.32. The molecule has 18 heavy (non-hydrogen) atoms. The van der Waals surface area contributed by atoms with Gasteiger partial charge in [0, 0.05) is 10.6 Å². The van der Waals surface area contributed by atoms with Gasteiger partial charge in [-0.2, -0.15) is 0 Å². The van der Waals surface area contributed by atoms with E-state index in [2.05, 4.69) is 50.2 Å². The third kappa shape index (κ3) is 4.11. The SMILES string of the molecule is Cc1ccc(OCCSc2ccc(C)cc2)cc1. The topological polar surface area (TPSA) is 9.23 Å². The number of aryl methyl sites for hydroxylation is 2. The lowest BCUT2D eigenvalue weighted by Crippen LogP contribution is -1.99. The Morgan fingerprint density at radius 1 is 0.833 bits per heavy atom. The minimum absolute atomic E-state index is 0.738. The van der Waals surface area contributed by atoms with Gasteiger partial charge >= 0.3 is 0 Å². The molecule has 0 aliphatic rings. The zero-order valence-electron chi connectivity index (χ0n) is 10.8. The number of ether oxygens (including phenoxy) is 1. The second kappa shape index (κ2) is 6.50. The zero-order chi connectivity index (χ0) is 12.8. The van der Waals surface area contributed by atoms with Crippen molar-refractivity contribution in [2.45, 2.75) is 18.7 Å². The summed E-state index contributed by atoms with van der Waals surface area (Å²) in [5.74, 6) is 1.92. The summed E-state index contributed by atoms with van der Waals surface area (Å²) >= 11 is 1.83. The van der Waals surface area contributed by atoms with E-state index >= 15 is 0 Å². The lowest BCUT2D eigenvalue weighted by Gasteiger charge is -2.06. The third-order valence-corrected chi connectivity index (χ3v) is 3.64. The predicted molar refractivity (Wildman–Crippen MR) is 78.6 cm³/mol. The van der Waals surface area contributed by atoms with Gasteiger partial charge in [0.25, 0.3) is 0 Å². The Kier molecular flexibility index (Phi) is 4.71. The molecule has 0 aromatic heterocycles. The van der Waals surface area contributed by atoms with E-state index in [0.29, 0.717) is 0 Å². The first-order valence-electron chi connectivity index (χ1n) is 6.13. The van der Waals surface area contributed by atoms with Gasteiger partial charge in [-0.25, -0.2) is 0 Å². The molecular weight excluding hydrogens is 240 g/mol. The van der Waals surface area contributed by atoms with Crippen LogP contribution in [0.1, 0.15) is 11.1 Å². The fourth-order valence-electron chi connectivity index (χ4n) is 1.59. The van der Waals surface area contributed by atoms with Crippen LogP contribution >= 0.6 is 11.8 Å². The largest absolute Gasteiger partial charge is 0.493 e. The van der Waals surface area contributed by atoms with E-state index in [4.69, 9.17) is 4.74 Å². The lowest BCUT2D eigenvalue weighted by molar-refractivity contribution is 0.344. The Morgan fingerprint density at radius 3 is 2.00 bits per heavy atom. The second-order valence-corrected chi connectivity index (χ2v) is 5.49. The predicted octanol–water partition coefficient (Wildman–Crippen LogP) is 4.47. The number of benzene rings is 2. The van der Waals surface area contributed by atoms with Crippen LogP contribution in [0.2, 0.25) is 0 Å². The molecule has 0 N–H and O–H groups in total. The molecule has 0 aliphatic heterocycles. The molecule has 2 rings (SSSR count). The van der Waals surface area contributed by atoms with Crippen molar-refractivity contribution in [1.29, 1.82) is 0 Å². The van der Waals surface area contributed by atoms with Crippen LogP contribution in [-0.2, 0) is 0 Å². The molecule has 0 unspecified atom stereocenters. The maximum absolute atomic E-state index is 5.69. The molecule has 0 atom stereocenters. The van der Waals surface area contributed by atoms with Gasteiger partial charge < -0.3 is 4.74 Å². The van der Waals surface area contributed by atoms with Gasteiger partial charge in [0.15, 0.2) is 0 Å². The first kappa shape index (κ1) is 13.0. The van der Waals surface area contributed by atoms with Crippen LogP contribution < -0.4 is 4.74 Å². The molecule has 0 aliphatic carbocycles. The van der Waals surface area contributed by atoms with Gasteiger partial charge in [-0.1, -0.05) is 35.4 Å². The van der Waals surface area contributed by atoms with Crippen molar-refractivity contribution in [2.75, 3.05) is 12.4 Å². The summed E-state index contributed by atoms with van der Waals surface area (Å²) in [6, 6.07) is 16.8. The Morgan fingerprint density at radius 2 is 1.39 bits per heavy atom. The van der Waals surface area contributed by atoms with Crippen molar-refractivity contribution in [3.63, 3.8) is 0 Å². The highest BCUT2D eigenvalue weighted by molar-refractivity contribution is 7.99. The number of rotatable bonds is 5. The van der Waals surface area contributed by atoms with Crippen LogP contribution in [0, 0.1) is 13.8 Å². The third-order valence-electron chi connectivity index (χ3n) is 2.66. The summed E-state index contributed by atoms with van der Waals surface area (Å²) in [5, 5.41) is 0. The molecule has 0 radical (unpaired) electrons. The fraction of sp³-hybridized carbons (Fsp3) is 0.250. The van der Waals surface area contributed by atoms with E-state index in [9.17, 15) is 0 Å². The highest BCUT2D eigenvalue weighted by Gasteiger charge is 1.96. The normalized spacial score (nSPS) is 10.3. The molecule has 0 saturated heterocycles. The van der Waals surface area contributed by atoms with Crippen molar-refractivity contribution in [1.82, 2.24) is 0 Å². The molecule has 0 spiro atoms. The van der Waals surface area contributed by atoms with Crippen molar-refractivity contribution < 1.29 is 4.74 Å². The molecule has 2 aromatic rings. The number of hydrogen-bond donors (Lipinski definition) is 0. The fourth-order valence-corrected chi connectivity index (χ4v) is 2.32. The average molecular weight is 258 g/mol. The summed E-state index contributed by atoms with van der Waals surface area (Å²) in [5.41, 5.74) is 2.56. The molecule has 94 valence electrons. The molecule has 0 bridgehead atoms. The van der Waals surface area contributed by atoms with Gasteiger partial charge in [-0.15, -0.1) is 11.8 Å². The number of thioether (sulfide) groups is 1. The molecule has 0 fully saturated rings. The maximum atomic E-state index is 5.69. The standard InChI is InChI=1S/C16H18OS/c1-13-3-7-15(8-4-13)17-11-12-18-16-9-5-14(2)6-10-16/h3-10H,11-12H2,1-2H3. The van der Waals surface area contributed by atoms with E-state index in [1.807, 2.05) is 23.9 Å². The summed E-state index contributed by atoms with van der Waals surface area (Å²) in [6.45, 7) is 4.92. The smallest absolute Gasteiger partial charge is 0.119 e. The van der Waals surface area contributed by atoms with Gasteiger partial charge in [0.2, 0.25) is 0 Å². The van der Waals surface area contributed by atoms with E-state index < -0.39 is 0 Å². The lowest BCUT2D eigenvalue weighted by atomic mass is 10.2. The monoisotopic (exact) mass is 258 g/mol.